The maximum absolute atomic E-state index is 12.0. The smallest absolute Gasteiger partial charge is 0.325 e. The van der Waals surface area contributed by atoms with Crippen LogP contribution < -0.4 is 0 Å². The van der Waals surface area contributed by atoms with Gasteiger partial charge >= 0.3 is 5.97 Å². The molecular formula is C15H21NO4. The topological polar surface area (TPSA) is 48.0 Å². The van der Waals surface area contributed by atoms with Gasteiger partial charge < -0.3 is 9.47 Å². The molecule has 110 valence electrons. The van der Waals surface area contributed by atoms with E-state index in [0.717, 1.165) is 5.56 Å². The highest BCUT2D eigenvalue weighted by Gasteiger charge is 2.39. The highest BCUT2D eigenvalue weighted by Crippen LogP contribution is 2.25. The van der Waals surface area contributed by atoms with E-state index in [9.17, 15) is 4.79 Å². The van der Waals surface area contributed by atoms with Crippen molar-refractivity contribution in [2.45, 2.75) is 39.1 Å². The zero-order valence-electron chi connectivity index (χ0n) is 12.0. The van der Waals surface area contributed by atoms with Crippen LogP contribution in [0.15, 0.2) is 30.3 Å². The molecule has 20 heavy (non-hydrogen) atoms. The number of carbonyl (C=O) groups excluding carboxylic acids is 1. The SMILES string of the molecule is CCOC(=O)[C@H]1C[C@@H](OCC)ON1Cc1ccccc1. The lowest BCUT2D eigenvalue weighted by molar-refractivity contribution is -0.243. The fourth-order valence-electron chi connectivity index (χ4n) is 2.21. The normalized spacial score (nSPS) is 22.9. The van der Waals surface area contributed by atoms with E-state index in [4.69, 9.17) is 14.3 Å². The van der Waals surface area contributed by atoms with Crippen molar-refractivity contribution in [1.82, 2.24) is 5.06 Å². The van der Waals surface area contributed by atoms with Crippen molar-refractivity contribution < 1.29 is 19.1 Å². The van der Waals surface area contributed by atoms with Gasteiger partial charge in [0.25, 0.3) is 0 Å². The van der Waals surface area contributed by atoms with Gasteiger partial charge in [0.15, 0.2) is 6.29 Å². The number of esters is 1. The number of hydrogen-bond acceptors (Lipinski definition) is 5. The third-order valence-corrected chi connectivity index (χ3v) is 3.11. The maximum atomic E-state index is 12.0. The lowest BCUT2D eigenvalue weighted by atomic mass is 10.2. The Hall–Kier alpha value is -1.43. The third-order valence-electron chi connectivity index (χ3n) is 3.11. The molecule has 1 heterocycles. The number of rotatable bonds is 6. The molecule has 0 saturated carbocycles. The summed E-state index contributed by atoms with van der Waals surface area (Å²) in [7, 11) is 0. The molecule has 0 bridgehead atoms. The van der Waals surface area contributed by atoms with Gasteiger partial charge in [0.1, 0.15) is 6.04 Å². The molecule has 1 aromatic carbocycles. The van der Waals surface area contributed by atoms with Crippen molar-refractivity contribution in [1.29, 1.82) is 0 Å². The maximum Gasteiger partial charge on any atom is 0.325 e. The summed E-state index contributed by atoms with van der Waals surface area (Å²) in [6.07, 6.45) is 0.123. The Morgan fingerprint density at radius 2 is 2.05 bits per heavy atom. The number of benzene rings is 1. The Bertz CT molecular complexity index is 423. The Morgan fingerprint density at radius 3 is 2.70 bits per heavy atom. The molecule has 2 rings (SSSR count). The molecule has 2 atom stereocenters. The summed E-state index contributed by atoms with van der Waals surface area (Å²) in [6.45, 7) is 5.17. The van der Waals surface area contributed by atoms with Crippen LogP contribution in [0.4, 0.5) is 0 Å². The summed E-state index contributed by atoms with van der Waals surface area (Å²) in [4.78, 5) is 17.7. The van der Waals surface area contributed by atoms with E-state index in [1.165, 1.54) is 0 Å². The molecule has 0 radical (unpaired) electrons. The van der Waals surface area contributed by atoms with E-state index >= 15 is 0 Å². The molecule has 5 heteroatoms. The van der Waals surface area contributed by atoms with E-state index in [1.807, 2.05) is 37.3 Å². The van der Waals surface area contributed by atoms with Crippen LogP contribution >= 0.6 is 0 Å². The molecule has 0 N–H and O–H groups in total. The van der Waals surface area contributed by atoms with Gasteiger partial charge in [-0.05, 0) is 19.4 Å². The van der Waals surface area contributed by atoms with Crippen LogP contribution in [-0.2, 0) is 25.7 Å². The summed E-state index contributed by atoms with van der Waals surface area (Å²) < 4.78 is 10.6. The van der Waals surface area contributed by atoms with Crippen LogP contribution in [0.25, 0.3) is 0 Å². The fraction of sp³-hybridized carbons (Fsp3) is 0.533. The Morgan fingerprint density at radius 1 is 1.30 bits per heavy atom. The number of ether oxygens (including phenoxy) is 2. The Labute approximate surface area is 119 Å². The zero-order chi connectivity index (χ0) is 14.4. The lowest BCUT2D eigenvalue weighted by Crippen LogP contribution is -2.36. The predicted octanol–water partition coefficient (Wildman–Crippen LogP) is 2.12. The fourth-order valence-corrected chi connectivity index (χ4v) is 2.21. The number of hydrogen-bond donors (Lipinski definition) is 0. The largest absolute Gasteiger partial charge is 0.465 e. The van der Waals surface area contributed by atoms with Crippen LogP contribution in [0.3, 0.4) is 0 Å². The van der Waals surface area contributed by atoms with Crippen molar-refractivity contribution in [2.24, 2.45) is 0 Å². The second kappa shape index (κ2) is 7.38. The van der Waals surface area contributed by atoms with Crippen LogP contribution in [0.1, 0.15) is 25.8 Å². The van der Waals surface area contributed by atoms with Crippen LogP contribution in [0.5, 0.6) is 0 Å². The van der Waals surface area contributed by atoms with E-state index in [-0.39, 0.29) is 12.3 Å². The molecule has 1 saturated heterocycles. The van der Waals surface area contributed by atoms with Gasteiger partial charge in [-0.3, -0.25) is 9.63 Å². The second-order valence-electron chi connectivity index (χ2n) is 4.55. The van der Waals surface area contributed by atoms with E-state index < -0.39 is 6.04 Å². The average Bonchev–Trinajstić information content (AvgIpc) is 2.83. The van der Waals surface area contributed by atoms with E-state index in [0.29, 0.717) is 26.2 Å². The van der Waals surface area contributed by atoms with Crippen LogP contribution in [0.2, 0.25) is 0 Å². The van der Waals surface area contributed by atoms with E-state index in [2.05, 4.69) is 0 Å². The summed E-state index contributed by atoms with van der Waals surface area (Å²) in [6, 6.07) is 9.47. The molecule has 5 nitrogen and oxygen atoms in total. The van der Waals surface area contributed by atoms with Gasteiger partial charge in [0, 0.05) is 13.0 Å². The molecule has 1 fully saturated rings. The molecule has 1 aliphatic heterocycles. The third kappa shape index (κ3) is 3.79. The predicted molar refractivity (Wildman–Crippen MR) is 73.5 cm³/mol. The van der Waals surface area contributed by atoms with Gasteiger partial charge in [-0.2, -0.15) is 5.06 Å². The summed E-state index contributed by atoms with van der Waals surface area (Å²) in [5.41, 5.74) is 1.08. The van der Waals surface area contributed by atoms with Crippen molar-refractivity contribution in [3.05, 3.63) is 35.9 Å². The van der Waals surface area contributed by atoms with Crippen molar-refractivity contribution in [3.63, 3.8) is 0 Å². The summed E-state index contributed by atoms with van der Waals surface area (Å²) >= 11 is 0. The van der Waals surface area contributed by atoms with Gasteiger partial charge in [-0.25, -0.2) is 0 Å². The van der Waals surface area contributed by atoms with Crippen molar-refractivity contribution in [2.75, 3.05) is 13.2 Å². The molecular weight excluding hydrogens is 258 g/mol. The molecule has 0 amide bonds. The first-order valence-corrected chi connectivity index (χ1v) is 7.00. The van der Waals surface area contributed by atoms with Gasteiger partial charge in [-0.15, -0.1) is 0 Å². The van der Waals surface area contributed by atoms with Crippen molar-refractivity contribution in [3.8, 4) is 0 Å². The standard InChI is InChI=1S/C15H21NO4/c1-3-18-14-10-13(15(17)19-4-2)16(20-14)11-12-8-6-5-7-9-12/h5-9,13-14H,3-4,10-11H2,1-2H3/t13-,14+/m1/s1. The Kier molecular flexibility index (Phi) is 5.52. The first-order chi connectivity index (χ1) is 9.74. The molecule has 0 unspecified atom stereocenters. The van der Waals surface area contributed by atoms with Gasteiger partial charge in [0.05, 0.1) is 13.2 Å². The highest BCUT2D eigenvalue weighted by atomic mass is 16.8. The number of nitrogens with zero attached hydrogens (tertiary/aromatic N) is 1. The first kappa shape index (κ1) is 15.0. The minimum atomic E-state index is -0.410. The van der Waals surface area contributed by atoms with Crippen LogP contribution in [-0.4, -0.2) is 36.6 Å². The average molecular weight is 279 g/mol. The summed E-state index contributed by atoms with van der Waals surface area (Å²) in [5.74, 6) is -0.259. The summed E-state index contributed by atoms with van der Waals surface area (Å²) in [5, 5.41) is 1.66. The Balaban J connectivity index is 2.04. The van der Waals surface area contributed by atoms with Crippen LogP contribution in [0, 0.1) is 0 Å². The molecule has 0 spiro atoms. The molecule has 1 aliphatic rings. The van der Waals surface area contributed by atoms with Crippen molar-refractivity contribution >= 4 is 5.97 Å². The lowest BCUT2D eigenvalue weighted by Gasteiger charge is -2.20. The highest BCUT2D eigenvalue weighted by molar-refractivity contribution is 5.75. The molecule has 0 aliphatic carbocycles. The molecule has 0 aromatic heterocycles. The van der Waals surface area contributed by atoms with Gasteiger partial charge in [0.2, 0.25) is 0 Å². The monoisotopic (exact) mass is 279 g/mol. The second-order valence-corrected chi connectivity index (χ2v) is 4.55. The minimum absolute atomic E-state index is 0.259. The zero-order valence-corrected chi connectivity index (χ0v) is 12.0. The van der Waals surface area contributed by atoms with E-state index in [1.54, 1.807) is 12.0 Å². The number of hydroxylamine groups is 2. The quantitative estimate of drug-likeness (QED) is 0.746. The molecule has 1 aromatic rings. The van der Waals surface area contributed by atoms with Gasteiger partial charge in [-0.1, -0.05) is 30.3 Å². The minimum Gasteiger partial charge on any atom is -0.465 e. The number of carbonyl (C=O) groups is 1. The first-order valence-electron chi connectivity index (χ1n) is 7.00.